The van der Waals surface area contributed by atoms with Crippen molar-refractivity contribution in [2.45, 2.75) is 0 Å². The summed E-state index contributed by atoms with van der Waals surface area (Å²) in [7, 11) is 0. The van der Waals surface area contributed by atoms with Crippen LogP contribution in [0, 0.1) is 17.1 Å². The molecule has 0 saturated carbocycles. The maximum Gasteiger partial charge on any atom is 0.340 e. The summed E-state index contributed by atoms with van der Waals surface area (Å²) >= 11 is 2.95. The largest absolute Gasteiger partial charge is 0.478 e. The first-order valence-electron chi connectivity index (χ1n) is 3.18. The summed E-state index contributed by atoms with van der Waals surface area (Å²) in [6, 6.07) is 3.87. The number of nitrogens with zero attached hydrogens (tertiary/aromatic N) is 1. The molecule has 66 valence electrons. The Bertz CT molecular complexity index is 411. The lowest BCUT2D eigenvalue weighted by Crippen LogP contribution is -2.04. The maximum atomic E-state index is 13.0. The predicted octanol–water partition coefficient (Wildman–Crippen LogP) is 2.16. The summed E-state index contributed by atoms with van der Waals surface area (Å²) < 4.78 is 13.3. The lowest BCUT2D eigenvalue weighted by molar-refractivity contribution is 0.0691. The number of rotatable bonds is 1. The Morgan fingerprint density at radius 1 is 1.62 bits per heavy atom. The third-order valence-electron chi connectivity index (χ3n) is 1.39. The molecule has 3 nitrogen and oxygen atoms in total. The van der Waals surface area contributed by atoms with Crippen LogP contribution >= 0.6 is 15.9 Å². The van der Waals surface area contributed by atoms with Gasteiger partial charge in [0.1, 0.15) is 17.4 Å². The quantitative estimate of drug-likeness (QED) is 0.823. The van der Waals surface area contributed by atoms with E-state index in [1.165, 1.54) is 6.07 Å². The standard InChI is InChI=1S/C8H3BrFNO2/c9-5-1-4(3-11)7(8(12)13)6(10)2-5/h1-2H,(H,12,13). The zero-order valence-corrected chi connectivity index (χ0v) is 7.80. The Morgan fingerprint density at radius 3 is 2.69 bits per heavy atom. The Hall–Kier alpha value is -1.41. The lowest BCUT2D eigenvalue weighted by atomic mass is 10.1. The van der Waals surface area contributed by atoms with Crippen molar-refractivity contribution in [2.75, 3.05) is 0 Å². The predicted molar refractivity (Wildman–Crippen MR) is 45.8 cm³/mol. The van der Waals surface area contributed by atoms with E-state index in [4.69, 9.17) is 10.4 Å². The second-order valence-electron chi connectivity index (χ2n) is 2.23. The zero-order valence-electron chi connectivity index (χ0n) is 6.21. The van der Waals surface area contributed by atoms with E-state index in [1.54, 1.807) is 6.07 Å². The van der Waals surface area contributed by atoms with Gasteiger partial charge in [-0.05, 0) is 12.1 Å². The molecule has 0 aliphatic heterocycles. The minimum absolute atomic E-state index is 0.195. The number of carbonyl (C=O) groups is 1. The van der Waals surface area contributed by atoms with Gasteiger partial charge in [0.2, 0.25) is 0 Å². The monoisotopic (exact) mass is 243 g/mol. The highest BCUT2D eigenvalue weighted by molar-refractivity contribution is 9.10. The average Bonchev–Trinajstić information content (AvgIpc) is 2.01. The highest BCUT2D eigenvalue weighted by Crippen LogP contribution is 2.19. The van der Waals surface area contributed by atoms with Gasteiger partial charge in [-0.3, -0.25) is 0 Å². The van der Waals surface area contributed by atoms with Crippen molar-refractivity contribution in [1.82, 2.24) is 0 Å². The van der Waals surface area contributed by atoms with E-state index in [0.29, 0.717) is 4.47 Å². The molecule has 1 aromatic rings. The van der Waals surface area contributed by atoms with Gasteiger partial charge in [-0.1, -0.05) is 15.9 Å². The van der Waals surface area contributed by atoms with Crippen molar-refractivity contribution in [2.24, 2.45) is 0 Å². The van der Waals surface area contributed by atoms with E-state index in [-0.39, 0.29) is 5.56 Å². The van der Waals surface area contributed by atoms with Crippen LogP contribution in [0.15, 0.2) is 16.6 Å². The molecule has 1 aromatic carbocycles. The molecule has 0 aromatic heterocycles. The van der Waals surface area contributed by atoms with Crippen LogP contribution in [0.4, 0.5) is 4.39 Å². The van der Waals surface area contributed by atoms with Crippen molar-refractivity contribution in [3.05, 3.63) is 33.5 Å². The van der Waals surface area contributed by atoms with Crippen LogP contribution in [0.25, 0.3) is 0 Å². The van der Waals surface area contributed by atoms with Crippen molar-refractivity contribution in [1.29, 1.82) is 5.26 Å². The number of aromatic carboxylic acids is 1. The Kier molecular flexibility index (Phi) is 2.63. The fourth-order valence-electron chi connectivity index (χ4n) is 0.879. The summed E-state index contributed by atoms with van der Waals surface area (Å²) in [5.74, 6) is -2.36. The molecular weight excluding hydrogens is 241 g/mol. The molecule has 1 rings (SSSR count). The molecule has 0 spiro atoms. The van der Waals surface area contributed by atoms with Gasteiger partial charge in [0.25, 0.3) is 0 Å². The number of hydrogen-bond donors (Lipinski definition) is 1. The van der Waals surface area contributed by atoms with Crippen LogP contribution in [-0.4, -0.2) is 11.1 Å². The van der Waals surface area contributed by atoms with Gasteiger partial charge >= 0.3 is 5.97 Å². The molecule has 13 heavy (non-hydrogen) atoms. The average molecular weight is 244 g/mol. The SMILES string of the molecule is N#Cc1cc(Br)cc(F)c1C(=O)O. The number of halogens is 2. The third kappa shape index (κ3) is 1.84. The Labute approximate surface area is 81.5 Å². The highest BCUT2D eigenvalue weighted by atomic mass is 79.9. The summed E-state index contributed by atoms with van der Waals surface area (Å²) in [5, 5.41) is 17.1. The molecule has 0 aliphatic rings. The molecule has 0 aliphatic carbocycles. The summed E-state index contributed by atoms with van der Waals surface area (Å²) in [4.78, 5) is 10.5. The zero-order chi connectivity index (χ0) is 10.0. The van der Waals surface area contributed by atoms with Gasteiger partial charge < -0.3 is 5.11 Å². The second kappa shape index (κ2) is 3.54. The first kappa shape index (κ1) is 9.68. The van der Waals surface area contributed by atoms with Crippen LogP contribution in [0.3, 0.4) is 0 Å². The van der Waals surface area contributed by atoms with Gasteiger partial charge in [0, 0.05) is 4.47 Å². The van der Waals surface area contributed by atoms with Gasteiger partial charge in [-0.25, -0.2) is 9.18 Å². The second-order valence-corrected chi connectivity index (χ2v) is 3.14. The molecular formula is C8H3BrFNO2. The number of carboxylic acids is 1. The minimum Gasteiger partial charge on any atom is -0.478 e. The molecule has 0 heterocycles. The van der Waals surface area contributed by atoms with E-state index < -0.39 is 17.3 Å². The van der Waals surface area contributed by atoms with Crippen molar-refractivity contribution in [3.8, 4) is 6.07 Å². The lowest BCUT2D eigenvalue weighted by Gasteiger charge is -2.00. The highest BCUT2D eigenvalue weighted by Gasteiger charge is 2.16. The fraction of sp³-hybridized carbons (Fsp3) is 0. The van der Waals surface area contributed by atoms with E-state index in [9.17, 15) is 9.18 Å². The number of benzene rings is 1. The van der Waals surface area contributed by atoms with E-state index in [1.807, 2.05) is 0 Å². The molecule has 0 radical (unpaired) electrons. The van der Waals surface area contributed by atoms with Crippen LogP contribution < -0.4 is 0 Å². The van der Waals surface area contributed by atoms with Crippen LogP contribution in [0.1, 0.15) is 15.9 Å². The van der Waals surface area contributed by atoms with Gasteiger partial charge in [-0.2, -0.15) is 5.26 Å². The van der Waals surface area contributed by atoms with Crippen LogP contribution in [0.5, 0.6) is 0 Å². The van der Waals surface area contributed by atoms with Crippen molar-refractivity contribution < 1.29 is 14.3 Å². The van der Waals surface area contributed by atoms with Gasteiger partial charge in [0.05, 0.1) is 5.56 Å². The molecule has 1 N–H and O–H groups in total. The van der Waals surface area contributed by atoms with E-state index in [0.717, 1.165) is 6.07 Å². The number of hydrogen-bond acceptors (Lipinski definition) is 2. The molecule has 0 unspecified atom stereocenters. The Balaban J connectivity index is 3.50. The van der Waals surface area contributed by atoms with Crippen LogP contribution in [-0.2, 0) is 0 Å². The van der Waals surface area contributed by atoms with Crippen molar-refractivity contribution >= 4 is 21.9 Å². The summed E-state index contributed by atoms with van der Waals surface area (Å²) in [5.41, 5.74) is -0.787. The van der Waals surface area contributed by atoms with E-state index >= 15 is 0 Å². The molecule has 0 fully saturated rings. The summed E-state index contributed by atoms with van der Waals surface area (Å²) in [6.07, 6.45) is 0. The molecule has 5 heteroatoms. The van der Waals surface area contributed by atoms with Crippen molar-refractivity contribution in [3.63, 3.8) is 0 Å². The number of carboxylic acid groups (broad SMARTS) is 1. The van der Waals surface area contributed by atoms with E-state index in [2.05, 4.69) is 15.9 Å². The smallest absolute Gasteiger partial charge is 0.340 e. The molecule has 0 atom stereocenters. The van der Waals surface area contributed by atoms with Gasteiger partial charge in [0.15, 0.2) is 0 Å². The number of nitriles is 1. The molecule has 0 saturated heterocycles. The maximum absolute atomic E-state index is 13.0. The fourth-order valence-corrected chi connectivity index (χ4v) is 1.31. The topological polar surface area (TPSA) is 61.1 Å². The normalized spacial score (nSPS) is 9.31. The minimum atomic E-state index is -1.44. The summed E-state index contributed by atoms with van der Waals surface area (Å²) in [6.45, 7) is 0. The third-order valence-corrected chi connectivity index (χ3v) is 1.85. The first-order chi connectivity index (χ1) is 6.06. The first-order valence-corrected chi connectivity index (χ1v) is 3.98. The molecule has 0 bridgehead atoms. The Morgan fingerprint density at radius 2 is 2.23 bits per heavy atom. The van der Waals surface area contributed by atoms with Gasteiger partial charge in [-0.15, -0.1) is 0 Å². The van der Waals surface area contributed by atoms with Crippen LogP contribution in [0.2, 0.25) is 0 Å². The molecule has 0 amide bonds.